The Morgan fingerprint density at radius 2 is 1.94 bits per heavy atom. The second-order valence-corrected chi connectivity index (χ2v) is 8.34. The molecule has 0 radical (unpaired) electrons. The predicted molar refractivity (Wildman–Crippen MR) is 132 cm³/mol. The Hall–Kier alpha value is -3.61. The summed E-state index contributed by atoms with van der Waals surface area (Å²) in [6.45, 7) is 4.76. The van der Waals surface area contributed by atoms with E-state index in [1.807, 2.05) is 41.2 Å². The summed E-state index contributed by atoms with van der Waals surface area (Å²) in [5.41, 5.74) is 4.32. The molecule has 7 heteroatoms. The van der Waals surface area contributed by atoms with E-state index in [0.29, 0.717) is 13.1 Å². The molecule has 0 atom stereocenters. The van der Waals surface area contributed by atoms with Crippen LogP contribution >= 0.6 is 0 Å². The van der Waals surface area contributed by atoms with Crippen LogP contribution in [0.4, 0.5) is 5.69 Å². The number of nitrogens with zero attached hydrogens (tertiary/aromatic N) is 3. The largest absolute Gasteiger partial charge is 0.357 e. The molecule has 33 heavy (non-hydrogen) atoms. The molecule has 4 rings (SSSR count). The van der Waals surface area contributed by atoms with E-state index in [2.05, 4.69) is 52.2 Å². The van der Waals surface area contributed by atoms with Crippen molar-refractivity contribution in [3.8, 4) is 0 Å². The topological polar surface area (TPSA) is 83.3 Å². The van der Waals surface area contributed by atoms with Gasteiger partial charge in [-0.2, -0.15) is 5.10 Å². The van der Waals surface area contributed by atoms with Gasteiger partial charge in [-0.15, -0.1) is 0 Å². The third-order valence-electron chi connectivity index (χ3n) is 5.89. The Labute approximate surface area is 195 Å². The van der Waals surface area contributed by atoms with Gasteiger partial charge in [-0.1, -0.05) is 42.8 Å². The van der Waals surface area contributed by atoms with Gasteiger partial charge in [0, 0.05) is 37.1 Å². The summed E-state index contributed by atoms with van der Waals surface area (Å²) < 4.78 is 1.93. The molecule has 0 spiro atoms. The molecular formula is C26H32N6O. The number of rotatable bonds is 9. The van der Waals surface area contributed by atoms with E-state index in [1.54, 1.807) is 6.20 Å². The number of hydrogen-bond donors (Lipinski definition) is 3. The summed E-state index contributed by atoms with van der Waals surface area (Å²) >= 11 is 0. The average Bonchev–Trinajstić information content (AvgIpc) is 3.29. The number of aromatic nitrogens is 2. The molecule has 3 aromatic rings. The van der Waals surface area contributed by atoms with Crippen molar-refractivity contribution in [2.24, 2.45) is 10.9 Å². The molecule has 1 aliphatic rings. The Morgan fingerprint density at radius 3 is 2.67 bits per heavy atom. The first kappa shape index (κ1) is 22.6. The van der Waals surface area contributed by atoms with E-state index < -0.39 is 0 Å². The zero-order valence-corrected chi connectivity index (χ0v) is 19.1. The third kappa shape index (κ3) is 6.44. The Bertz CT molecular complexity index is 1070. The van der Waals surface area contributed by atoms with Crippen molar-refractivity contribution in [3.63, 3.8) is 0 Å². The number of aliphatic imine (C=N–C) groups is 1. The molecule has 172 valence electrons. The molecule has 1 aromatic heterocycles. The van der Waals surface area contributed by atoms with Crippen LogP contribution in [0.2, 0.25) is 0 Å². The Kier molecular flexibility index (Phi) is 7.74. The van der Waals surface area contributed by atoms with Gasteiger partial charge in [-0.05, 0) is 54.7 Å². The number of hydrogen-bond acceptors (Lipinski definition) is 3. The highest BCUT2D eigenvalue weighted by Crippen LogP contribution is 2.27. The van der Waals surface area contributed by atoms with Crippen molar-refractivity contribution in [3.05, 3.63) is 83.7 Å². The molecular weight excluding hydrogens is 412 g/mol. The second-order valence-electron chi connectivity index (χ2n) is 8.34. The normalized spacial score (nSPS) is 13.9. The lowest BCUT2D eigenvalue weighted by Gasteiger charge is -2.24. The van der Waals surface area contributed by atoms with Gasteiger partial charge < -0.3 is 16.0 Å². The van der Waals surface area contributed by atoms with Crippen LogP contribution in [0.25, 0.3) is 0 Å². The number of carbonyl (C=O) groups is 1. The molecule has 0 bridgehead atoms. The second kappa shape index (κ2) is 11.3. The molecule has 0 aliphatic heterocycles. The number of carbonyl (C=O) groups excluding carboxylic acids is 1. The Morgan fingerprint density at radius 1 is 1.09 bits per heavy atom. The van der Waals surface area contributed by atoms with E-state index in [-0.39, 0.29) is 11.8 Å². The maximum Gasteiger partial charge on any atom is 0.227 e. The molecule has 1 amide bonds. The van der Waals surface area contributed by atoms with Gasteiger partial charge in [-0.25, -0.2) is 4.99 Å². The lowest BCUT2D eigenvalue weighted by atomic mass is 9.85. The number of anilines is 1. The van der Waals surface area contributed by atoms with Gasteiger partial charge in [0.25, 0.3) is 0 Å². The fourth-order valence-electron chi connectivity index (χ4n) is 3.81. The van der Waals surface area contributed by atoms with Crippen LogP contribution in [0.5, 0.6) is 0 Å². The van der Waals surface area contributed by atoms with E-state index in [4.69, 9.17) is 4.99 Å². The first-order valence-electron chi connectivity index (χ1n) is 11.7. The number of benzene rings is 2. The van der Waals surface area contributed by atoms with E-state index >= 15 is 0 Å². The van der Waals surface area contributed by atoms with Gasteiger partial charge in [0.15, 0.2) is 5.96 Å². The summed E-state index contributed by atoms with van der Waals surface area (Å²) in [6.07, 6.45) is 6.92. The van der Waals surface area contributed by atoms with Crippen LogP contribution in [-0.2, 0) is 24.4 Å². The van der Waals surface area contributed by atoms with Crippen molar-refractivity contribution in [2.75, 3.05) is 11.9 Å². The summed E-state index contributed by atoms with van der Waals surface area (Å²) in [7, 11) is 0. The van der Waals surface area contributed by atoms with Crippen molar-refractivity contribution >= 4 is 17.6 Å². The first-order chi connectivity index (χ1) is 16.2. The van der Waals surface area contributed by atoms with Crippen LogP contribution in [0, 0.1) is 5.92 Å². The quantitative estimate of drug-likeness (QED) is 0.345. The fourth-order valence-corrected chi connectivity index (χ4v) is 3.81. The molecule has 7 nitrogen and oxygen atoms in total. The van der Waals surface area contributed by atoms with Crippen molar-refractivity contribution < 1.29 is 4.79 Å². The lowest BCUT2D eigenvalue weighted by Crippen LogP contribution is -2.37. The summed E-state index contributed by atoms with van der Waals surface area (Å²) in [4.78, 5) is 17.0. The highest BCUT2D eigenvalue weighted by molar-refractivity contribution is 5.93. The van der Waals surface area contributed by atoms with Crippen LogP contribution in [0.15, 0.2) is 72.0 Å². The zero-order valence-electron chi connectivity index (χ0n) is 19.1. The highest BCUT2D eigenvalue weighted by atomic mass is 16.1. The molecule has 1 fully saturated rings. The maximum absolute atomic E-state index is 12.2. The van der Waals surface area contributed by atoms with Gasteiger partial charge in [0.05, 0.1) is 13.1 Å². The SMILES string of the molecule is CCNC(=NCc1cccc(NC(=O)C2CCC2)c1)NCc1ccccc1Cn1cccn1. The van der Waals surface area contributed by atoms with E-state index in [0.717, 1.165) is 49.6 Å². The fraction of sp³-hybridized carbons (Fsp3) is 0.346. The predicted octanol–water partition coefficient (Wildman–Crippen LogP) is 3.93. The summed E-state index contributed by atoms with van der Waals surface area (Å²) in [5.74, 6) is 1.06. The third-order valence-corrected chi connectivity index (χ3v) is 5.89. The van der Waals surface area contributed by atoms with E-state index in [9.17, 15) is 4.79 Å². The van der Waals surface area contributed by atoms with Crippen LogP contribution < -0.4 is 16.0 Å². The molecule has 1 aliphatic carbocycles. The standard InChI is InChI=1S/C26H32N6O/c1-2-27-26(29-18-22-9-3-4-10-23(22)19-32-15-7-14-30-32)28-17-20-8-5-13-24(16-20)31-25(33)21-11-6-12-21/h3-5,7-10,13-16,21H,2,6,11-12,17-19H2,1H3,(H,31,33)(H2,27,28,29). The van der Waals surface area contributed by atoms with Gasteiger partial charge in [0.2, 0.25) is 5.91 Å². The van der Waals surface area contributed by atoms with Crippen molar-refractivity contribution in [2.45, 2.75) is 45.8 Å². The van der Waals surface area contributed by atoms with Crippen LogP contribution in [0.1, 0.15) is 42.9 Å². The maximum atomic E-state index is 12.2. The molecule has 1 heterocycles. The molecule has 2 aromatic carbocycles. The van der Waals surface area contributed by atoms with Gasteiger partial charge in [0.1, 0.15) is 0 Å². The molecule has 3 N–H and O–H groups in total. The van der Waals surface area contributed by atoms with Gasteiger partial charge >= 0.3 is 0 Å². The van der Waals surface area contributed by atoms with Crippen molar-refractivity contribution in [1.29, 1.82) is 0 Å². The average molecular weight is 445 g/mol. The molecule has 1 saturated carbocycles. The molecule has 0 saturated heterocycles. The van der Waals surface area contributed by atoms with E-state index in [1.165, 1.54) is 11.1 Å². The number of guanidine groups is 1. The highest BCUT2D eigenvalue weighted by Gasteiger charge is 2.25. The summed E-state index contributed by atoms with van der Waals surface area (Å²) in [5, 5.41) is 14.1. The minimum Gasteiger partial charge on any atom is -0.357 e. The number of amides is 1. The van der Waals surface area contributed by atoms with Gasteiger partial charge in [-0.3, -0.25) is 9.48 Å². The van der Waals surface area contributed by atoms with Crippen LogP contribution in [0.3, 0.4) is 0 Å². The monoisotopic (exact) mass is 444 g/mol. The van der Waals surface area contributed by atoms with Crippen molar-refractivity contribution in [1.82, 2.24) is 20.4 Å². The first-order valence-corrected chi connectivity index (χ1v) is 11.7. The molecule has 0 unspecified atom stereocenters. The Balaban J connectivity index is 1.37. The van der Waals surface area contributed by atoms with Crippen LogP contribution in [-0.4, -0.2) is 28.2 Å². The summed E-state index contributed by atoms with van der Waals surface area (Å²) in [6, 6.07) is 18.2. The minimum absolute atomic E-state index is 0.130. The number of nitrogens with one attached hydrogen (secondary N) is 3. The minimum atomic E-state index is 0.130. The zero-order chi connectivity index (χ0) is 22.9. The lowest BCUT2D eigenvalue weighted by molar-refractivity contribution is -0.122. The smallest absolute Gasteiger partial charge is 0.227 e.